The van der Waals surface area contributed by atoms with E-state index in [0.717, 1.165) is 22.9 Å². The molecule has 3 heteroatoms. The van der Waals surface area contributed by atoms with Gasteiger partial charge in [0.25, 0.3) is 0 Å². The van der Waals surface area contributed by atoms with Gasteiger partial charge < -0.3 is 5.32 Å². The second-order valence-corrected chi connectivity index (χ2v) is 5.31. The third-order valence-electron chi connectivity index (χ3n) is 3.68. The predicted molar refractivity (Wildman–Crippen MR) is 89.9 cm³/mol. The molecule has 3 nitrogen and oxygen atoms in total. The number of aryl methyl sites for hydroxylation is 1. The molecular formula is C19H18N2O. The largest absolute Gasteiger partial charge is 0.310 e. The van der Waals surface area contributed by atoms with Crippen molar-refractivity contribution in [1.82, 2.24) is 4.98 Å². The van der Waals surface area contributed by atoms with Crippen LogP contribution in [0.4, 0.5) is 5.82 Å². The van der Waals surface area contributed by atoms with Gasteiger partial charge in [-0.05, 0) is 40.5 Å². The van der Waals surface area contributed by atoms with E-state index in [2.05, 4.69) is 35.4 Å². The summed E-state index contributed by atoms with van der Waals surface area (Å²) in [5.41, 5.74) is 2.17. The van der Waals surface area contributed by atoms with Crippen LogP contribution in [-0.4, -0.2) is 10.9 Å². The van der Waals surface area contributed by atoms with Crippen LogP contribution in [0.1, 0.15) is 18.1 Å². The molecule has 3 aromatic rings. The van der Waals surface area contributed by atoms with E-state index in [0.29, 0.717) is 12.2 Å². The lowest BCUT2D eigenvalue weighted by atomic mass is 10.0. The normalized spacial score (nSPS) is 10.6. The molecule has 0 aliphatic rings. The van der Waals surface area contributed by atoms with Crippen molar-refractivity contribution in [2.75, 3.05) is 5.32 Å². The van der Waals surface area contributed by atoms with Crippen molar-refractivity contribution in [3.8, 4) is 0 Å². The molecule has 0 saturated carbocycles. The Balaban J connectivity index is 1.72. The van der Waals surface area contributed by atoms with Crippen molar-refractivity contribution < 1.29 is 4.79 Å². The van der Waals surface area contributed by atoms with Crippen LogP contribution in [0.2, 0.25) is 0 Å². The lowest BCUT2D eigenvalue weighted by Gasteiger charge is -2.07. The Bertz CT molecular complexity index is 811. The van der Waals surface area contributed by atoms with Crippen LogP contribution in [0.3, 0.4) is 0 Å². The van der Waals surface area contributed by atoms with Crippen molar-refractivity contribution in [2.45, 2.75) is 19.8 Å². The van der Waals surface area contributed by atoms with Gasteiger partial charge in [0.15, 0.2) is 0 Å². The average molecular weight is 290 g/mol. The van der Waals surface area contributed by atoms with Crippen molar-refractivity contribution in [3.63, 3.8) is 0 Å². The molecule has 0 atom stereocenters. The Morgan fingerprint density at radius 1 is 1.00 bits per heavy atom. The monoisotopic (exact) mass is 290 g/mol. The maximum Gasteiger partial charge on any atom is 0.229 e. The molecule has 0 unspecified atom stereocenters. The quantitative estimate of drug-likeness (QED) is 0.789. The Kier molecular flexibility index (Phi) is 4.15. The number of amides is 1. The van der Waals surface area contributed by atoms with Gasteiger partial charge in [-0.25, -0.2) is 4.98 Å². The fourth-order valence-electron chi connectivity index (χ4n) is 2.48. The number of rotatable bonds is 4. The van der Waals surface area contributed by atoms with Crippen LogP contribution >= 0.6 is 0 Å². The molecule has 2 aromatic carbocycles. The SMILES string of the molecule is CCc1ccnc(NC(=O)Cc2ccc3ccccc3c2)c1. The van der Waals surface area contributed by atoms with E-state index >= 15 is 0 Å². The molecular weight excluding hydrogens is 272 g/mol. The Labute approximate surface area is 130 Å². The highest BCUT2D eigenvalue weighted by Crippen LogP contribution is 2.16. The zero-order valence-electron chi connectivity index (χ0n) is 12.5. The predicted octanol–water partition coefficient (Wildman–Crippen LogP) is 3.98. The van der Waals surface area contributed by atoms with Crippen LogP contribution in [0.5, 0.6) is 0 Å². The van der Waals surface area contributed by atoms with Gasteiger partial charge in [-0.3, -0.25) is 4.79 Å². The molecule has 1 N–H and O–H groups in total. The number of carbonyl (C=O) groups is 1. The van der Waals surface area contributed by atoms with Gasteiger partial charge in [-0.2, -0.15) is 0 Å². The summed E-state index contributed by atoms with van der Waals surface area (Å²) in [7, 11) is 0. The summed E-state index contributed by atoms with van der Waals surface area (Å²) >= 11 is 0. The molecule has 0 fully saturated rings. The molecule has 110 valence electrons. The van der Waals surface area contributed by atoms with Crippen molar-refractivity contribution in [2.24, 2.45) is 0 Å². The second kappa shape index (κ2) is 6.39. The van der Waals surface area contributed by atoms with Crippen molar-refractivity contribution in [3.05, 3.63) is 71.9 Å². The third kappa shape index (κ3) is 3.31. The van der Waals surface area contributed by atoms with Gasteiger partial charge in [-0.15, -0.1) is 0 Å². The van der Waals surface area contributed by atoms with Crippen LogP contribution in [0.25, 0.3) is 10.8 Å². The first-order valence-corrected chi connectivity index (χ1v) is 7.47. The minimum atomic E-state index is -0.0453. The van der Waals surface area contributed by atoms with E-state index < -0.39 is 0 Å². The number of fused-ring (bicyclic) bond motifs is 1. The minimum Gasteiger partial charge on any atom is -0.310 e. The Morgan fingerprint density at radius 3 is 2.64 bits per heavy atom. The number of nitrogens with zero attached hydrogens (tertiary/aromatic N) is 1. The van der Waals surface area contributed by atoms with Gasteiger partial charge in [0.2, 0.25) is 5.91 Å². The highest BCUT2D eigenvalue weighted by atomic mass is 16.1. The molecule has 22 heavy (non-hydrogen) atoms. The van der Waals surface area contributed by atoms with E-state index in [1.165, 1.54) is 5.39 Å². The molecule has 0 radical (unpaired) electrons. The number of aromatic nitrogens is 1. The number of benzene rings is 2. The third-order valence-corrected chi connectivity index (χ3v) is 3.68. The smallest absolute Gasteiger partial charge is 0.229 e. The summed E-state index contributed by atoms with van der Waals surface area (Å²) in [6, 6.07) is 18.1. The number of hydrogen-bond acceptors (Lipinski definition) is 2. The first-order valence-electron chi connectivity index (χ1n) is 7.47. The summed E-state index contributed by atoms with van der Waals surface area (Å²) in [4.78, 5) is 16.4. The lowest BCUT2D eigenvalue weighted by molar-refractivity contribution is -0.115. The van der Waals surface area contributed by atoms with Crippen LogP contribution in [0, 0.1) is 0 Å². The number of hydrogen-bond donors (Lipinski definition) is 1. The number of anilines is 1. The summed E-state index contributed by atoms with van der Waals surface area (Å²) < 4.78 is 0. The van der Waals surface area contributed by atoms with Crippen molar-refractivity contribution >= 4 is 22.5 Å². The van der Waals surface area contributed by atoms with Crippen LogP contribution < -0.4 is 5.32 Å². The topological polar surface area (TPSA) is 42.0 Å². The lowest BCUT2D eigenvalue weighted by Crippen LogP contribution is -2.15. The average Bonchev–Trinajstić information content (AvgIpc) is 2.55. The van der Waals surface area contributed by atoms with Crippen LogP contribution in [0.15, 0.2) is 60.8 Å². The maximum atomic E-state index is 12.2. The molecule has 0 aliphatic heterocycles. The molecule has 0 spiro atoms. The van der Waals surface area contributed by atoms with Crippen molar-refractivity contribution in [1.29, 1.82) is 0 Å². The van der Waals surface area contributed by atoms with Gasteiger partial charge in [0, 0.05) is 6.20 Å². The van der Waals surface area contributed by atoms with Gasteiger partial charge in [-0.1, -0.05) is 49.4 Å². The fraction of sp³-hybridized carbons (Fsp3) is 0.158. The maximum absolute atomic E-state index is 12.2. The summed E-state index contributed by atoms with van der Waals surface area (Å²) in [6.07, 6.45) is 3.00. The van der Waals surface area contributed by atoms with E-state index in [1.54, 1.807) is 6.20 Å². The molecule has 1 aromatic heterocycles. The van der Waals surface area contributed by atoms with E-state index in [-0.39, 0.29) is 5.91 Å². The number of carbonyl (C=O) groups excluding carboxylic acids is 1. The van der Waals surface area contributed by atoms with Gasteiger partial charge in [0.1, 0.15) is 5.82 Å². The molecule has 0 aliphatic carbocycles. The molecule has 1 heterocycles. The Morgan fingerprint density at radius 2 is 1.82 bits per heavy atom. The standard InChI is InChI=1S/C19H18N2O/c1-2-14-9-10-20-18(12-14)21-19(22)13-15-7-8-16-5-3-4-6-17(16)11-15/h3-12H,2,13H2,1H3,(H,20,21,22). The minimum absolute atomic E-state index is 0.0453. The molecule has 0 bridgehead atoms. The first-order chi connectivity index (χ1) is 10.7. The molecule has 0 saturated heterocycles. The molecule has 3 rings (SSSR count). The highest BCUT2D eigenvalue weighted by molar-refractivity contribution is 5.92. The fourth-order valence-corrected chi connectivity index (χ4v) is 2.48. The zero-order valence-corrected chi connectivity index (χ0v) is 12.5. The van der Waals surface area contributed by atoms with Gasteiger partial charge >= 0.3 is 0 Å². The summed E-state index contributed by atoms with van der Waals surface area (Å²) in [6.45, 7) is 2.08. The highest BCUT2D eigenvalue weighted by Gasteiger charge is 2.06. The summed E-state index contributed by atoms with van der Waals surface area (Å²) in [5.74, 6) is 0.571. The van der Waals surface area contributed by atoms with E-state index in [9.17, 15) is 4.79 Å². The number of pyridine rings is 1. The van der Waals surface area contributed by atoms with E-state index in [1.807, 2.05) is 36.4 Å². The van der Waals surface area contributed by atoms with Gasteiger partial charge in [0.05, 0.1) is 6.42 Å². The number of nitrogens with one attached hydrogen (secondary N) is 1. The second-order valence-electron chi connectivity index (χ2n) is 5.31. The summed E-state index contributed by atoms with van der Waals surface area (Å²) in [5, 5.41) is 5.20. The Hall–Kier alpha value is -2.68. The molecule has 1 amide bonds. The first kappa shape index (κ1) is 14.3. The van der Waals surface area contributed by atoms with E-state index in [4.69, 9.17) is 0 Å². The zero-order chi connectivity index (χ0) is 15.4. The van der Waals surface area contributed by atoms with Crippen LogP contribution in [-0.2, 0) is 17.6 Å².